The summed E-state index contributed by atoms with van der Waals surface area (Å²) >= 11 is 0. The summed E-state index contributed by atoms with van der Waals surface area (Å²) in [5.41, 5.74) is -0.166. The molecule has 0 amide bonds. The Hall–Kier alpha value is -1.67. The number of methoxy groups -OCH3 is 1. The van der Waals surface area contributed by atoms with E-state index in [0.717, 1.165) is 0 Å². The molecule has 1 aromatic rings. The second kappa shape index (κ2) is 4.68. The minimum atomic E-state index is -0.529. The highest BCUT2D eigenvalue weighted by molar-refractivity contribution is 5.38. The van der Waals surface area contributed by atoms with E-state index < -0.39 is 4.92 Å². The van der Waals surface area contributed by atoms with Crippen molar-refractivity contribution < 1.29 is 19.1 Å². The van der Waals surface area contributed by atoms with Gasteiger partial charge in [-0.25, -0.2) is 4.68 Å². The van der Waals surface area contributed by atoms with Crippen molar-refractivity contribution in [3.05, 3.63) is 16.3 Å². The van der Waals surface area contributed by atoms with Gasteiger partial charge >= 0.3 is 11.6 Å². The molecule has 1 aromatic heterocycles. The molecule has 2 heterocycles. The van der Waals surface area contributed by atoms with Gasteiger partial charge in [0, 0.05) is 7.11 Å². The number of rotatable bonds is 5. The third-order valence-electron chi connectivity index (χ3n) is 2.48. The second-order valence-electron chi connectivity index (χ2n) is 3.73. The van der Waals surface area contributed by atoms with Gasteiger partial charge in [-0.05, 0) is 6.92 Å². The first-order valence-electron chi connectivity index (χ1n) is 5.11. The minimum Gasteiger partial charge on any atom is -0.463 e. The Balaban J connectivity index is 2.15. The average molecular weight is 243 g/mol. The number of hydrogen-bond donors (Lipinski definition) is 0. The third kappa shape index (κ3) is 2.37. The van der Waals surface area contributed by atoms with Crippen molar-refractivity contribution in [3.8, 4) is 5.88 Å². The Morgan fingerprint density at radius 1 is 1.76 bits per heavy atom. The Kier molecular flexibility index (Phi) is 3.25. The highest BCUT2D eigenvalue weighted by Crippen LogP contribution is 2.28. The molecule has 2 atom stereocenters. The van der Waals surface area contributed by atoms with E-state index in [9.17, 15) is 10.1 Å². The van der Waals surface area contributed by atoms with E-state index in [1.54, 1.807) is 0 Å². The number of hydrogen-bond acceptors (Lipinski definition) is 6. The van der Waals surface area contributed by atoms with Crippen molar-refractivity contribution in [1.82, 2.24) is 9.78 Å². The first-order valence-corrected chi connectivity index (χ1v) is 5.11. The monoisotopic (exact) mass is 243 g/mol. The van der Waals surface area contributed by atoms with E-state index in [1.807, 2.05) is 6.92 Å². The van der Waals surface area contributed by atoms with Crippen LogP contribution in [0.4, 0.5) is 5.69 Å². The van der Waals surface area contributed by atoms with Crippen molar-refractivity contribution in [1.29, 1.82) is 0 Å². The van der Waals surface area contributed by atoms with Crippen LogP contribution in [0.1, 0.15) is 6.92 Å². The van der Waals surface area contributed by atoms with E-state index in [1.165, 1.54) is 18.0 Å². The van der Waals surface area contributed by atoms with Gasteiger partial charge in [0.05, 0.1) is 17.6 Å². The standard InChI is InChI=1S/C9H13N3O5/c1-6-8(4-16-6)17-9-7(12(13)14)3-11(10-9)5-15-2/h3,6,8H,4-5H2,1-2H3/t6-,8+/m1/s1. The van der Waals surface area contributed by atoms with Crippen LogP contribution in [0.5, 0.6) is 5.88 Å². The summed E-state index contributed by atoms with van der Waals surface area (Å²) in [6.07, 6.45) is 1.03. The predicted molar refractivity (Wildman–Crippen MR) is 55.7 cm³/mol. The lowest BCUT2D eigenvalue weighted by molar-refractivity contribution is -0.386. The molecule has 1 fully saturated rings. The molecule has 0 N–H and O–H groups in total. The Labute approximate surface area is 97.2 Å². The molecule has 0 unspecified atom stereocenters. The summed E-state index contributed by atoms with van der Waals surface area (Å²) in [4.78, 5) is 10.3. The maximum Gasteiger partial charge on any atom is 0.350 e. The second-order valence-corrected chi connectivity index (χ2v) is 3.73. The Morgan fingerprint density at radius 2 is 2.53 bits per heavy atom. The van der Waals surface area contributed by atoms with E-state index >= 15 is 0 Å². The van der Waals surface area contributed by atoms with Gasteiger partial charge in [0.25, 0.3) is 0 Å². The number of aromatic nitrogens is 2. The zero-order chi connectivity index (χ0) is 12.4. The first-order chi connectivity index (χ1) is 8.11. The lowest BCUT2D eigenvalue weighted by Gasteiger charge is -2.32. The molecule has 0 aliphatic carbocycles. The molecule has 1 aliphatic rings. The van der Waals surface area contributed by atoms with Gasteiger partial charge in [0.15, 0.2) is 0 Å². The van der Waals surface area contributed by atoms with Crippen LogP contribution in [0.15, 0.2) is 6.20 Å². The Bertz CT molecular complexity index is 419. The van der Waals surface area contributed by atoms with Gasteiger partial charge in [-0.2, -0.15) is 0 Å². The number of nitrogens with zero attached hydrogens (tertiary/aromatic N) is 3. The fourth-order valence-corrected chi connectivity index (χ4v) is 1.44. The smallest absolute Gasteiger partial charge is 0.350 e. The lowest BCUT2D eigenvalue weighted by atomic mass is 10.2. The van der Waals surface area contributed by atoms with Crippen molar-refractivity contribution in [2.24, 2.45) is 0 Å². The van der Waals surface area contributed by atoms with Gasteiger partial charge in [0.1, 0.15) is 19.0 Å². The molecule has 0 spiro atoms. The molecule has 0 radical (unpaired) electrons. The first kappa shape index (κ1) is 11.8. The molecule has 8 heteroatoms. The molecule has 0 bridgehead atoms. The highest BCUT2D eigenvalue weighted by atomic mass is 16.6. The fourth-order valence-electron chi connectivity index (χ4n) is 1.44. The van der Waals surface area contributed by atoms with Crippen LogP contribution >= 0.6 is 0 Å². The van der Waals surface area contributed by atoms with Crippen LogP contribution in [0, 0.1) is 10.1 Å². The summed E-state index contributed by atoms with van der Waals surface area (Å²) in [6, 6.07) is 0. The zero-order valence-corrected chi connectivity index (χ0v) is 9.53. The summed E-state index contributed by atoms with van der Waals surface area (Å²) in [5, 5.41) is 14.8. The molecule has 94 valence electrons. The lowest BCUT2D eigenvalue weighted by Crippen LogP contribution is -2.46. The molecule has 8 nitrogen and oxygen atoms in total. The van der Waals surface area contributed by atoms with Gasteiger partial charge in [0.2, 0.25) is 0 Å². The molecule has 0 saturated carbocycles. The highest BCUT2D eigenvalue weighted by Gasteiger charge is 2.33. The van der Waals surface area contributed by atoms with Crippen molar-refractivity contribution in [2.75, 3.05) is 13.7 Å². The molecule has 0 aromatic carbocycles. The van der Waals surface area contributed by atoms with Crippen LogP contribution in [0.3, 0.4) is 0 Å². The van der Waals surface area contributed by atoms with Crippen LogP contribution < -0.4 is 4.74 Å². The molecule has 1 saturated heterocycles. The topological polar surface area (TPSA) is 88.7 Å². The maximum atomic E-state index is 10.8. The van der Waals surface area contributed by atoms with Crippen molar-refractivity contribution >= 4 is 5.69 Å². The largest absolute Gasteiger partial charge is 0.463 e. The van der Waals surface area contributed by atoms with Gasteiger partial charge in [-0.1, -0.05) is 0 Å². The van der Waals surface area contributed by atoms with Gasteiger partial charge in [-0.3, -0.25) is 10.1 Å². The predicted octanol–water partition coefficient (Wildman–Crippen LogP) is 0.561. The number of nitro groups is 1. The average Bonchev–Trinajstić information content (AvgIpc) is 2.68. The van der Waals surface area contributed by atoms with E-state index in [0.29, 0.717) is 6.61 Å². The van der Waals surface area contributed by atoms with Crippen molar-refractivity contribution in [2.45, 2.75) is 25.9 Å². The van der Waals surface area contributed by atoms with E-state index in [-0.39, 0.29) is 30.5 Å². The summed E-state index contributed by atoms with van der Waals surface area (Å²) in [6.45, 7) is 2.41. The normalized spacial score (nSPS) is 23.2. The van der Waals surface area contributed by atoms with Crippen LogP contribution in [-0.4, -0.2) is 40.6 Å². The third-order valence-corrected chi connectivity index (χ3v) is 2.48. The van der Waals surface area contributed by atoms with E-state index in [2.05, 4.69) is 5.10 Å². The zero-order valence-electron chi connectivity index (χ0n) is 9.53. The van der Waals surface area contributed by atoms with Crippen LogP contribution in [0.2, 0.25) is 0 Å². The quantitative estimate of drug-likeness (QED) is 0.554. The van der Waals surface area contributed by atoms with Crippen LogP contribution in [-0.2, 0) is 16.2 Å². The molecule has 2 rings (SSSR count). The maximum absolute atomic E-state index is 10.8. The summed E-state index contributed by atoms with van der Waals surface area (Å²) in [7, 11) is 1.48. The summed E-state index contributed by atoms with van der Waals surface area (Å²) < 4.78 is 16.7. The number of ether oxygens (including phenoxy) is 3. The SMILES string of the molecule is COCn1cc([N+](=O)[O-])c(O[C@H]2CO[C@@H]2C)n1. The molecule has 17 heavy (non-hydrogen) atoms. The molecular formula is C9H13N3O5. The summed E-state index contributed by atoms with van der Waals surface area (Å²) in [5.74, 6) is 0.00667. The molecular weight excluding hydrogens is 230 g/mol. The molecule has 1 aliphatic heterocycles. The van der Waals surface area contributed by atoms with E-state index in [4.69, 9.17) is 14.2 Å². The van der Waals surface area contributed by atoms with Gasteiger partial charge < -0.3 is 14.2 Å². The van der Waals surface area contributed by atoms with Crippen LogP contribution in [0.25, 0.3) is 0 Å². The Morgan fingerprint density at radius 3 is 3.00 bits per heavy atom. The fraction of sp³-hybridized carbons (Fsp3) is 0.667. The van der Waals surface area contributed by atoms with Crippen molar-refractivity contribution in [3.63, 3.8) is 0 Å². The minimum absolute atomic E-state index is 0.00667. The van der Waals surface area contributed by atoms with Gasteiger partial charge in [-0.15, -0.1) is 5.10 Å².